The van der Waals surface area contributed by atoms with Crippen molar-refractivity contribution in [1.82, 2.24) is 4.90 Å². The summed E-state index contributed by atoms with van der Waals surface area (Å²) in [5, 5.41) is 2.01. The lowest BCUT2D eigenvalue weighted by molar-refractivity contribution is -0.123. The first-order valence-electron chi connectivity index (χ1n) is 12.7. The van der Waals surface area contributed by atoms with E-state index in [1.54, 1.807) is 11.9 Å². The molecule has 0 N–H and O–H groups in total. The van der Waals surface area contributed by atoms with E-state index in [1.165, 1.54) is 11.3 Å². The van der Waals surface area contributed by atoms with Gasteiger partial charge in [-0.3, -0.25) is 14.4 Å². The van der Waals surface area contributed by atoms with Crippen LogP contribution in [0.15, 0.2) is 64.5 Å². The molecule has 0 aliphatic carbocycles. The zero-order valence-electron chi connectivity index (χ0n) is 20.9. The molecule has 2 aliphatic rings. The molecule has 2 fully saturated rings. The monoisotopic (exact) mass is 579 g/mol. The standard InChI is InChI=1S/C29H30BrN3O3S/c1-31(24-11-13-25(14-12-24)33-16-3-2-6-27(33)34)28(35)21-5-4-15-32(18-21)29(36)26-17-22(19-37-26)20-7-9-23(30)10-8-20/h7-14,17,19,21H,2-6,15-16,18H2,1H3/t21-/m0/s1. The van der Waals surface area contributed by atoms with E-state index in [0.29, 0.717) is 24.4 Å². The van der Waals surface area contributed by atoms with Gasteiger partial charge in [-0.2, -0.15) is 0 Å². The molecule has 3 aromatic rings. The van der Waals surface area contributed by atoms with Gasteiger partial charge in [0.2, 0.25) is 11.8 Å². The van der Waals surface area contributed by atoms with Crippen LogP contribution < -0.4 is 9.80 Å². The van der Waals surface area contributed by atoms with Gasteiger partial charge in [-0.1, -0.05) is 28.1 Å². The van der Waals surface area contributed by atoms with E-state index < -0.39 is 0 Å². The summed E-state index contributed by atoms with van der Waals surface area (Å²) in [6.45, 7) is 1.83. The van der Waals surface area contributed by atoms with Crippen LogP contribution in [-0.2, 0) is 9.59 Å². The van der Waals surface area contributed by atoms with Gasteiger partial charge in [-0.05, 0) is 84.7 Å². The highest BCUT2D eigenvalue weighted by Gasteiger charge is 2.31. The van der Waals surface area contributed by atoms with Crippen LogP contribution in [0.3, 0.4) is 0 Å². The van der Waals surface area contributed by atoms with Crippen LogP contribution in [0.1, 0.15) is 41.8 Å². The molecular weight excluding hydrogens is 550 g/mol. The maximum atomic E-state index is 13.4. The van der Waals surface area contributed by atoms with Gasteiger partial charge in [-0.25, -0.2) is 0 Å². The van der Waals surface area contributed by atoms with Gasteiger partial charge in [0.05, 0.1) is 10.8 Å². The molecule has 2 saturated heterocycles. The average molecular weight is 581 g/mol. The minimum atomic E-state index is -0.239. The highest BCUT2D eigenvalue weighted by Crippen LogP contribution is 2.30. The number of piperidine rings is 2. The normalized spacial score (nSPS) is 18.1. The summed E-state index contributed by atoms with van der Waals surface area (Å²) in [7, 11) is 1.79. The summed E-state index contributed by atoms with van der Waals surface area (Å²) >= 11 is 4.91. The third-order valence-corrected chi connectivity index (χ3v) is 8.70. The number of carbonyl (C=O) groups excluding carboxylic acids is 3. The molecule has 0 unspecified atom stereocenters. The lowest BCUT2D eigenvalue weighted by atomic mass is 9.96. The fourth-order valence-corrected chi connectivity index (χ4v) is 6.24. The van der Waals surface area contributed by atoms with E-state index >= 15 is 0 Å². The smallest absolute Gasteiger partial charge is 0.263 e. The molecule has 5 rings (SSSR count). The highest BCUT2D eigenvalue weighted by molar-refractivity contribution is 9.10. The molecule has 8 heteroatoms. The molecule has 0 radical (unpaired) electrons. The second-order valence-corrected chi connectivity index (χ2v) is 11.5. The van der Waals surface area contributed by atoms with Gasteiger partial charge in [-0.15, -0.1) is 11.3 Å². The molecule has 192 valence electrons. The number of halogens is 1. The van der Waals surface area contributed by atoms with E-state index in [0.717, 1.165) is 59.2 Å². The van der Waals surface area contributed by atoms with Crippen molar-refractivity contribution in [2.75, 3.05) is 36.5 Å². The zero-order valence-corrected chi connectivity index (χ0v) is 23.3. The van der Waals surface area contributed by atoms with Crippen LogP contribution in [-0.4, -0.2) is 49.3 Å². The average Bonchev–Trinajstić information content (AvgIpc) is 3.43. The van der Waals surface area contributed by atoms with Crippen molar-refractivity contribution in [1.29, 1.82) is 0 Å². The van der Waals surface area contributed by atoms with E-state index in [1.807, 2.05) is 69.8 Å². The van der Waals surface area contributed by atoms with Crippen LogP contribution in [0.2, 0.25) is 0 Å². The van der Waals surface area contributed by atoms with Crippen molar-refractivity contribution in [3.8, 4) is 11.1 Å². The van der Waals surface area contributed by atoms with Crippen molar-refractivity contribution in [3.63, 3.8) is 0 Å². The number of hydrogen-bond donors (Lipinski definition) is 0. The van der Waals surface area contributed by atoms with Crippen LogP contribution in [0.25, 0.3) is 11.1 Å². The Kier molecular flexibility index (Phi) is 7.76. The Morgan fingerprint density at radius 3 is 2.46 bits per heavy atom. The summed E-state index contributed by atoms with van der Waals surface area (Å²) in [4.78, 5) is 44.9. The van der Waals surface area contributed by atoms with Crippen molar-refractivity contribution in [3.05, 3.63) is 69.3 Å². The Bertz CT molecular complexity index is 1290. The third-order valence-electron chi connectivity index (χ3n) is 7.25. The molecular formula is C29H30BrN3O3S. The maximum absolute atomic E-state index is 13.4. The summed E-state index contributed by atoms with van der Waals surface area (Å²) in [5.41, 5.74) is 3.77. The third kappa shape index (κ3) is 5.65. The summed E-state index contributed by atoms with van der Waals surface area (Å²) in [6, 6.07) is 17.6. The fourth-order valence-electron chi connectivity index (χ4n) is 5.10. The van der Waals surface area contributed by atoms with Crippen LogP contribution >= 0.6 is 27.3 Å². The largest absolute Gasteiger partial charge is 0.337 e. The first-order valence-corrected chi connectivity index (χ1v) is 14.4. The number of anilines is 2. The predicted octanol–water partition coefficient (Wildman–Crippen LogP) is 6.21. The highest BCUT2D eigenvalue weighted by atomic mass is 79.9. The van der Waals surface area contributed by atoms with Gasteiger partial charge in [0.25, 0.3) is 5.91 Å². The molecule has 3 heterocycles. The number of likely N-dealkylation sites (tertiary alicyclic amines) is 1. The van der Waals surface area contributed by atoms with Crippen molar-refractivity contribution < 1.29 is 14.4 Å². The minimum Gasteiger partial charge on any atom is -0.337 e. The second kappa shape index (κ2) is 11.2. The number of hydrogen-bond acceptors (Lipinski definition) is 4. The number of amides is 3. The quantitative estimate of drug-likeness (QED) is 0.361. The van der Waals surface area contributed by atoms with E-state index in [2.05, 4.69) is 15.9 Å². The number of thiophene rings is 1. The molecule has 37 heavy (non-hydrogen) atoms. The second-order valence-electron chi connectivity index (χ2n) is 9.71. The SMILES string of the molecule is CN(C(=O)[C@H]1CCCN(C(=O)c2cc(-c3ccc(Br)cc3)cs2)C1)c1ccc(N2CCCCC2=O)cc1. The van der Waals surface area contributed by atoms with Gasteiger partial charge in [0.1, 0.15) is 0 Å². The summed E-state index contributed by atoms with van der Waals surface area (Å²) < 4.78 is 1.02. The minimum absolute atomic E-state index is 0.0101. The fraction of sp³-hybridized carbons (Fsp3) is 0.345. The van der Waals surface area contributed by atoms with Gasteiger partial charge in [0, 0.05) is 49.0 Å². The number of carbonyl (C=O) groups is 3. The van der Waals surface area contributed by atoms with Crippen LogP contribution in [0, 0.1) is 5.92 Å². The Balaban J connectivity index is 1.23. The number of rotatable bonds is 5. The van der Waals surface area contributed by atoms with E-state index in [-0.39, 0.29) is 23.6 Å². The maximum Gasteiger partial charge on any atom is 0.263 e. The number of nitrogens with zero attached hydrogens (tertiary/aromatic N) is 3. The molecule has 6 nitrogen and oxygen atoms in total. The topological polar surface area (TPSA) is 60.9 Å². The first kappa shape index (κ1) is 25.7. The number of benzene rings is 2. The Hall–Kier alpha value is -2.97. The lowest BCUT2D eigenvalue weighted by Crippen LogP contribution is -2.45. The predicted molar refractivity (Wildman–Crippen MR) is 152 cm³/mol. The van der Waals surface area contributed by atoms with Crippen molar-refractivity contribution in [2.45, 2.75) is 32.1 Å². The van der Waals surface area contributed by atoms with Crippen LogP contribution in [0.4, 0.5) is 11.4 Å². The molecule has 0 spiro atoms. The zero-order chi connectivity index (χ0) is 25.9. The molecule has 3 amide bonds. The Labute approximate surface area is 230 Å². The van der Waals surface area contributed by atoms with Gasteiger partial charge >= 0.3 is 0 Å². The Morgan fingerprint density at radius 2 is 1.73 bits per heavy atom. The van der Waals surface area contributed by atoms with E-state index in [9.17, 15) is 14.4 Å². The molecule has 0 saturated carbocycles. The van der Waals surface area contributed by atoms with Gasteiger partial charge < -0.3 is 14.7 Å². The molecule has 2 aliphatic heterocycles. The van der Waals surface area contributed by atoms with Crippen molar-refractivity contribution >= 4 is 56.4 Å². The van der Waals surface area contributed by atoms with Crippen molar-refractivity contribution in [2.24, 2.45) is 5.92 Å². The molecule has 1 aromatic heterocycles. The Morgan fingerprint density at radius 1 is 0.973 bits per heavy atom. The molecule has 0 bridgehead atoms. The summed E-state index contributed by atoms with van der Waals surface area (Å²) in [5.74, 6) is -0.0767. The van der Waals surface area contributed by atoms with Gasteiger partial charge in [0.15, 0.2) is 0 Å². The lowest BCUT2D eigenvalue weighted by Gasteiger charge is -2.34. The molecule has 1 atom stereocenters. The van der Waals surface area contributed by atoms with E-state index in [4.69, 9.17) is 0 Å². The van der Waals surface area contributed by atoms with Crippen LogP contribution in [0.5, 0.6) is 0 Å². The summed E-state index contributed by atoms with van der Waals surface area (Å²) in [6.07, 6.45) is 4.12. The first-order chi connectivity index (χ1) is 17.9. The molecule has 2 aromatic carbocycles.